The van der Waals surface area contributed by atoms with Crippen LogP contribution in [0.2, 0.25) is 0 Å². The van der Waals surface area contributed by atoms with E-state index in [4.69, 9.17) is 19.6 Å². The Balaban J connectivity index is 2.97. The van der Waals surface area contributed by atoms with Crippen LogP contribution in [0.4, 0.5) is 0 Å². The van der Waals surface area contributed by atoms with E-state index in [2.05, 4.69) is 12.6 Å². The molecular weight excluding hydrogens is 290 g/mol. The zero-order valence-corrected chi connectivity index (χ0v) is 11.5. The molecule has 1 fully saturated rings. The highest BCUT2D eigenvalue weighted by molar-refractivity contribution is 7.81. The van der Waals surface area contributed by atoms with E-state index in [0.29, 0.717) is 19.3 Å². The van der Waals surface area contributed by atoms with Crippen LogP contribution in [0.5, 0.6) is 0 Å². The van der Waals surface area contributed by atoms with Gasteiger partial charge in [-0.25, -0.2) is 0 Å². The molecule has 10 heteroatoms. The summed E-state index contributed by atoms with van der Waals surface area (Å²) < 4.78 is 22.2. The monoisotopic (exact) mass is 306 g/mol. The Hall–Kier alpha value is 0.610. The van der Waals surface area contributed by atoms with Crippen LogP contribution in [0.25, 0.3) is 0 Å². The van der Waals surface area contributed by atoms with Gasteiger partial charge in [0.05, 0.1) is 0 Å². The smallest absolute Gasteiger partial charge is 0.354 e. The molecule has 0 bridgehead atoms. The molecule has 1 rings (SSSR count). The largest absolute Gasteiger partial charge is 0.380 e. The first-order valence-corrected chi connectivity index (χ1v) is 8.88. The minimum atomic E-state index is -4.94. The van der Waals surface area contributed by atoms with Gasteiger partial charge in [-0.05, 0) is 25.2 Å². The van der Waals surface area contributed by atoms with E-state index in [9.17, 15) is 14.2 Å². The molecule has 1 saturated carbocycles. The molecule has 7 nitrogen and oxygen atoms in total. The van der Waals surface area contributed by atoms with Crippen LogP contribution < -0.4 is 0 Å². The van der Waals surface area contributed by atoms with Crippen LogP contribution in [0.3, 0.4) is 0 Å². The van der Waals surface area contributed by atoms with Gasteiger partial charge in [-0.1, -0.05) is 0 Å². The van der Waals surface area contributed by atoms with Gasteiger partial charge in [0.2, 0.25) is 0 Å². The van der Waals surface area contributed by atoms with Gasteiger partial charge < -0.3 is 24.7 Å². The van der Waals surface area contributed by atoms with Crippen LogP contribution >= 0.6 is 27.8 Å². The fourth-order valence-corrected chi connectivity index (χ4v) is 5.46. The Morgan fingerprint density at radius 3 is 1.88 bits per heavy atom. The summed E-state index contributed by atoms with van der Waals surface area (Å²) in [5.41, 5.74) is -1.72. The molecule has 0 aromatic carbocycles. The van der Waals surface area contributed by atoms with Gasteiger partial charge in [0, 0.05) is 5.25 Å². The third-order valence-corrected chi connectivity index (χ3v) is 6.16. The highest BCUT2D eigenvalue weighted by atomic mass is 32.1. The summed E-state index contributed by atoms with van der Waals surface area (Å²) in [5.74, 6) is -2.95. The van der Waals surface area contributed by atoms with Gasteiger partial charge in [0.25, 0.3) is 0 Å². The summed E-state index contributed by atoms with van der Waals surface area (Å²) in [6.45, 7) is 0. The summed E-state index contributed by atoms with van der Waals surface area (Å²) >= 11 is 4.15. The lowest BCUT2D eigenvalue weighted by Crippen LogP contribution is -2.32. The second-order valence-corrected chi connectivity index (χ2v) is 8.52. The summed E-state index contributed by atoms with van der Waals surface area (Å²) in [4.78, 5) is 36.0. The SMILES string of the molecule is O=P(O)(O)C(O)C(C1CCC(S)C1)P(=O)(O)O. The van der Waals surface area contributed by atoms with E-state index >= 15 is 0 Å². The molecule has 0 amide bonds. The third kappa shape index (κ3) is 4.04. The normalized spacial score (nSPS) is 30.2. The lowest BCUT2D eigenvalue weighted by molar-refractivity contribution is 0.163. The maximum Gasteiger partial charge on any atom is 0.354 e. The van der Waals surface area contributed by atoms with E-state index in [1.165, 1.54) is 0 Å². The summed E-state index contributed by atoms with van der Waals surface area (Å²) in [5, 5.41) is 9.39. The summed E-state index contributed by atoms with van der Waals surface area (Å²) in [7, 11) is -9.72. The molecule has 1 aliphatic rings. The topological polar surface area (TPSA) is 135 Å². The number of thiol groups is 1. The van der Waals surface area contributed by atoms with Crippen molar-refractivity contribution in [1.29, 1.82) is 0 Å². The van der Waals surface area contributed by atoms with Gasteiger partial charge in [-0.2, -0.15) is 12.6 Å². The van der Waals surface area contributed by atoms with Crippen LogP contribution in [0.1, 0.15) is 19.3 Å². The van der Waals surface area contributed by atoms with Crippen molar-refractivity contribution in [3.05, 3.63) is 0 Å². The maximum absolute atomic E-state index is 11.3. The van der Waals surface area contributed by atoms with Crippen molar-refractivity contribution < 1.29 is 33.8 Å². The zero-order chi connectivity index (χ0) is 13.4. The quantitative estimate of drug-likeness (QED) is 0.321. The predicted octanol–water partition coefficient (Wildman–Crippen LogP) is 0.127. The Kier molecular flexibility index (Phi) is 4.89. The predicted molar refractivity (Wildman–Crippen MR) is 64.0 cm³/mol. The molecular formula is C7H16O7P2S. The first-order chi connectivity index (χ1) is 7.53. The van der Waals surface area contributed by atoms with E-state index < -0.39 is 32.6 Å². The molecule has 0 saturated heterocycles. The van der Waals surface area contributed by atoms with E-state index in [0.717, 1.165) is 0 Å². The van der Waals surface area contributed by atoms with Gasteiger partial charge in [-0.15, -0.1) is 0 Å². The average Bonchev–Trinajstić information content (AvgIpc) is 2.47. The number of aliphatic hydroxyl groups excluding tert-OH is 1. The molecule has 4 atom stereocenters. The van der Waals surface area contributed by atoms with Crippen LogP contribution in [-0.4, -0.2) is 41.4 Å². The first-order valence-electron chi connectivity index (χ1n) is 5.00. The third-order valence-electron chi connectivity index (χ3n) is 2.97. The Bertz CT molecular complexity index is 363. The molecule has 0 aliphatic heterocycles. The van der Waals surface area contributed by atoms with Gasteiger partial charge in [-0.3, -0.25) is 9.13 Å². The van der Waals surface area contributed by atoms with E-state index in [1.807, 2.05) is 0 Å². The average molecular weight is 306 g/mol. The Labute approximate surface area is 104 Å². The Morgan fingerprint density at radius 1 is 1.06 bits per heavy atom. The minimum Gasteiger partial charge on any atom is -0.380 e. The van der Waals surface area contributed by atoms with Crippen molar-refractivity contribution in [2.45, 2.75) is 36.0 Å². The molecule has 102 valence electrons. The molecule has 5 N–H and O–H groups in total. The first kappa shape index (κ1) is 15.7. The molecule has 0 spiro atoms. The fourth-order valence-electron chi connectivity index (χ4n) is 2.19. The number of hydrogen-bond acceptors (Lipinski definition) is 4. The van der Waals surface area contributed by atoms with Gasteiger partial charge in [0.15, 0.2) is 5.85 Å². The van der Waals surface area contributed by atoms with Crippen molar-refractivity contribution >= 4 is 27.8 Å². The van der Waals surface area contributed by atoms with Crippen LogP contribution in [0.15, 0.2) is 0 Å². The number of hydrogen-bond donors (Lipinski definition) is 6. The molecule has 0 aromatic rings. The van der Waals surface area contributed by atoms with Crippen molar-refractivity contribution in [3.63, 3.8) is 0 Å². The standard InChI is InChI=1S/C7H16O7P2S/c8-7(16(12,13)14)6(15(9,10)11)4-1-2-5(17)3-4/h4-8,17H,1-3H2,(H2,9,10,11)(H2,12,13,14). The highest BCUT2D eigenvalue weighted by Crippen LogP contribution is 2.58. The van der Waals surface area contributed by atoms with Crippen LogP contribution in [0, 0.1) is 5.92 Å². The molecule has 17 heavy (non-hydrogen) atoms. The summed E-state index contributed by atoms with van der Waals surface area (Å²) in [6, 6.07) is 0. The van der Waals surface area contributed by atoms with E-state index in [1.54, 1.807) is 0 Å². The number of rotatable bonds is 4. The molecule has 0 aromatic heterocycles. The van der Waals surface area contributed by atoms with Gasteiger partial charge >= 0.3 is 15.2 Å². The molecule has 1 aliphatic carbocycles. The van der Waals surface area contributed by atoms with Crippen molar-refractivity contribution in [3.8, 4) is 0 Å². The minimum absolute atomic E-state index is 0.0574. The highest BCUT2D eigenvalue weighted by Gasteiger charge is 2.49. The zero-order valence-electron chi connectivity index (χ0n) is 8.82. The molecule has 0 radical (unpaired) electrons. The van der Waals surface area contributed by atoms with Crippen molar-refractivity contribution in [2.24, 2.45) is 5.92 Å². The number of aliphatic hydroxyl groups is 1. The lowest BCUT2D eigenvalue weighted by atomic mass is 10.0. The Morgan fingerprint density at radius 2 is 1.59 bits per heavy atom. The van der Waals surface area contributed by atoms with E-state index in [-0.39, 0.29) is 5.25 Å². The van der Waals surface area contributed by atoms with Crippen molar-refractivity contribution in [1.82, 2.24) is 0 Å². The molecule has 4 unspecified atom stereocenters. The second kappa shape index (κ2) is 5.31. The second-order valence-electron chi connectivity index (χ2n) is 4.31. The van der Waals surface area contributed by atoms with Crippen molar-refractivity contribution in [2.75, 3.05) is 0 Å². The fraction of sp³-hybridized carbons (Fsp3) is 1.00. The maximum atomic E-state index is 11.3. The van der Waals surface area contributed by atoms with Crippen LogP contribution in [-0.2, 0) is 9.13 Å². The lowest BCUT2D eigenvalue weighted by Gasteiger charge is -2.29. The van der Waals surface area contributed by atoms with Gasteiger partial charge in [0.1, 0.15) is 5.66 Å². The molecule has 0 heterocycles. The summed E-state index contributed by atoms with van der Waals surface area (Å²) in [6.07, 6.45) is 1.33.